The molecule has 1 atom stereocenters. The van der Waals surface area contributed by atoms with Gasteiger partial charge in [0.05, 0.1) is 6.20 Å². The number of nitrogens with zero attached hydrogens (tertiary/aromatic N) is 2. The van der Waals surface area contributed by atoms with E-state index in [1.165, 1.54) is 24.8 Å². The van der Waals surface area contributed by atoms with Crippen molar-refractivity contribution in [1.29, 1.82) is 0 Å². The summed E-state index contributed by atoms with van der Waals surface area (Å²) < 4.78 is 2.01. The highest BCUT2D eigenvalue weighted by atomic mass is 15.3. The highest BCUT2D eigenvalue weighted by molar-refractivity contribution is 5.08. The highest BCUT2D eigenvalue weighted by Crippen LogP contribution is 2.34. The van der Waals surface area contributed by atoms with E-state index >= 15 is 0 Å². The average molecular weight is 221 g/mol. The molecule has 0 aliphatic heterocycles. The second-order valence-corrected chi connectivity index (χ2v) is 4.81. The minimum absolute atomic E-state index is 0.675. The second kappa shape index (κ2) is 5.48. The molecule has 1 heterocycles. The van der Waals surface area contributed by atoms with E-state index in [4.69, 9.17) is 0 Å². The topological polar surface area (TPSA) is 29.9 Å². The fourth-order valence-electron chi connectivity index (χ4n) is 2.17. The molecule has 1 fully saturated rings. The minimum atomic E-state index is 0.675. The quantitative estimate of drug-likeness (QED) is 0.765. The first-order valence-corrected chi connectivity index (χ1v) is 6.58. The third-order valence-electron chi connectivity index (χ3n) is 3.31. The molecule has 1 aliphatic carbocycles. The molecule has 0 bridgehead atoms. The van der Waals surface area contributed by atoms with E-state index in [0.29, 0.717) is 6.04 Å². The lowest BCUT2D eigenvalue weighted by Gasteiger charge is -2.16. The van der Waals surface area contributed by atoms with E-state index in [-0.39, 0.29) is 0 Å². The molecule has 1 saturated carbocycles. The van der Waals surface area contributed by atoms with Gasteiger partial charge in [0.15, 0.2) is 0 Å². The Bertz CT molecular complexity index is 315. The maximum absolute atomic E-state index is 4.34. The van der Waals surface area contributed by atoms with Crippen molar-refractivity contribution in [2.75, 3.05) is 6.54 Å². The van der Waals surface area contributed by atoms with Crippen molar-refractivity contribution < 1.29 is 0 Å². The number of rotatable bonds is 7. The third-order valence-corrected chi connectivity index (χ3v) is 3.31. The fourth-order valence-corrected chi connectivity index (χ4v) is 2.17. The van der Waals surface area contributed by atoms with Crippen LogP contribution in [0.2, 0.25) is 0 Å². The van der Waals surface area contributed by atoms with Crippen molar-refractivity contribution in [1.82, 2.24) is 15.1 Å². The standard InChI is InChI=1S/C13H23N3/c1-3-7-14-13(12-5-6-12)8-11-9-15-16(4-2)10-11/h9-10,12-14H,3-8H2,1-2H3. The van der Waals surface area contributed by atoms with Gasteiger partial charge in [-0.25, -0.2) is 0 Å². The number of nitrogens with one attached hydrogen (secondary N) is 1. The van der Waals surface area contributed by atoms with Gasteiger partial charge in [0, 0.05) is 18.8 Å². The molecule has 3 heteroatoms. The van der Waals surface area contributed by atoms with Crippen molar-refractivity contribution in [3.63, 3.8) is 0 Å². The summed E-state index contributed by atoms with van der Waals surface area (Å²) in [6.45, 7) is 6.47. The van der Waals surface area contributed by atoms with Gasteiger partial charge in [-0.1, -0.05) is 6.92 Å². The Balaban J connectivity index is 1.88. The summed E-state index contributed by atoms with van der Waals surface area (Å²) in [7, 11) is 0. The number of hydrogen-bond donors (Lipinski definition) is 1. The van der Waals surface area contributed by atoms with Gasteiger partial charge in [-0.2, -0.15) is 5.10 Å². The van der Waals surface area contributed by atoms with Crippen LogP contribution in [-0.4, -0.2) is 22.4 Å². The zero-order chi connectivity index (χ0) is 11.4. The number of hydrogen-bond acceptors (Lipinski definition) is 2. The van der Waals surface area contributed by atoms with Crippen molar-refractivity contribution in [2.45, 2.75) is 52.1 Å². The zero-order valence-corrected chi connectivity index (χ0v) is 10.4. The summed E-state index contributed by atoms with van der Waals surface area (Å²) in [4.78, 5) is 0. The summed E-state index contributed by atoms with van der Waals surface area (Å²) in [6, 6.07) is 0.675. The Labute approximate surface area is 98.2 Å². The maximum atomic E-state index is 4.34. The van der Waals surface area contributed by atoms with Gasteiger partial charge in [-0.15, -0.1) is 0 Å². The Morgan fingerprint density at radius 3 is 2.88 bits per heavy atom. The first-order valence-electron chi connectivity index (χ1n) is 6.58. The first kappa shape index (κ1) is 11.6. The van der Waals surface area contributed by atoms with Gasteiger partial charge in [0.1, 0.15) is 0 Å². The fraction of sp³-hybridized carbons (Fsp3) is 0.769. The smallest absolute Gasteiger partial charge is 0.0522 e. The lowest BCUT2D eigenvalue weighted by molar-refractivity contribution is 0.460. The van der Waals surface area contributed by atoms with Gasteiger partial charge >= 0.3 is 0 Å². The van der Waals surface area contributed by atoms with E-state index in [0.717, 1.165) is 25.4 Å². The number of aryl methyl sites for hydroxylation is 1. The first-order chi connectivity index (χ1) is 7.83. The van der Waals surface area contributed by atoms with Gasteiger partial charge in [-0.3, -0.25) is 4.68 Å². The van der Waals surface area contributed by atoms with E-state index in [1.54, 1.807) is 0 Å². The predicted octanol–water partition coefficient (Wildman–Crippen LogP) is 2.22. The monoisotopic (exact) mass is 221 g/mol. The van der Waals surface area contributed by atoms with Crippen LogP contribution in [-0.2, 0) is 13.0 Å². The molecule has 0 aromatic carbocycles. The molecule has 90 valence electrons. The van der Waals surface area contributed by atoms with Gasteiger partial charge in [-0.05, 0) is 50.6 Å². The summed E-state index contributed by atoms with van der Waals surface area (Å²) in [5.41, 5.74) is 1.38. The molecule has 1 aromatic heterocycles. The summed E-state index contributed by atoms with van der Waals surface area (Å²) in [5.74, 6) is 0.913. The third kappa shape index (κ3) is 3.08. The Morgan fingerprint density at radius 2 is 2.31 bits per heavy atom. The van der Waals surface area contributed by atoms with Crippen LogP contribution in [0.3, 0.4) is 0 Å². The Morgan fingerprint density at radius 1 is 1.50 bits per heavy atom. The normalized spacial score (nSPS) is 17.6. The highest BCUT2D eigenvalue weighted by Gasteiger charge is 2.30. The van der Waals surface area contributed by atoms with Gasteiger partial charge in [0.2, 0.25) is 0 Å². The van der Waals surface area contributed by atoms with E-state index in [2.05, 4.69) is 30.5 Å². The van der Waals surface area contributed by atoms with Gasteiger partial charge in [0.25, 0.3) is 0 Å². The van der Waals surface area contributed by atoms with Crippen LogP contribution in [0.5, 0.6) is 0 Å². The molecule has 0 amide bonds. The molecule has 1 unspecified atom stereocenters. The molecule has 1 N–H and O–H groups in total. The number of aromatic nitrogens is 2. The SMILES string of the molecule is CCCNC(Cc1cnn(CC)c1)C1CC1. The van der Waals surface area contributed by atoms with E-state index in [1.807, 2.05) is 10.9 Å². The van der Waals surface area contributed by atoms with Crippen LogP contribution in [0.1, 0.15) is 38.7 Å². The van der Waals surface area contributed by atoms with Crippen molar-refractivity contribution in [3.8, 4) is 0 Å². The Kier molecular flexibility index (Phi) is 3.99. The molecule has 0 saturated heterocycles. The largest absolute Gasteiger partial charge is 0.313 e. The molecule has 0 spiro atoms. The van der Waals surface area contributed by atoms with Crippen molar-refractivity contribution >= 4 is 0 Å². The molecule has 3 nitrogen and oxygen atoms in total. The van der Waals surface area contributed by atoms with E-state index in [9.17, 15) is 0 Å². The predicted molar refractivity (Wildman–Crippen MR) is 66.4 cm³/mol. The molecule has 1 aromatic rings. The van der Waals surface area contributed by atoms with Crippen LogP contribution in [0.15, 0.2) is 12.4 Å². The van der Waals surface area contributed by atoms with Crippen LogP contribution in [0.4, 0.5) is 0 Å². The van der Waals surface area contributed by atoms with E-state index < -0.39 is 0 Å². The van der Waals surface area contributed by atoms with Crippen molar-refractivity contribution in [3.05, 3.63) is 18.0 Å². The van der Waals surface area contributed by atoms with Crippen LogP contribution in [0.25, 0.3) is 0 Å². The lowest BCUT2D eigenvalue weighted by atomic mass is 10.0. The molecule has 0 radical (unpaired) electrons. The van der Waals surface area contributed by atoms with Crippen LogP contribution >= 0.6 is 0 Å². The van der Waals surface area contributed by atoms with Crippen molar-refractivity contribution in [2.24, 2.45) is 5.92 Å². The molecule has 16 heavy (non-hydrogen) atoms. The lowest BCUT2D eigenvalue weighted by Crippen LogP contribution is -2.33. The average Bonchev–Trinajstić information content (AvgIpc) is 3.05. The van der Waals surface area contributed by atoms with Gasteiger partial charge < -0.3 is 5.32 Å². The minimum Gasteiger partial charge on any atom is -0.313 e. The molecular weight excluding hydrogens is 198 g/mol. The second-order valence-electron chi connectivity index (χ2n) is 4.81. The molecular formula is C13H23N3. The molecule has 1 aliphatic rings. The summed E-state index contributed by atoms with van der Waals surface area (Å²) >= 11 is 0. The zero-order valence-electron chi connectivity index (χ0n) is 10.4. The Hall–Kier alpha value is -0.830. The maximum Gasteiger partial charge on any atom is 0.0522 e. The summed E-state index contributed by atoms with van der Waals surface area (Å²) in [6.07, 6.45) is 9.38. The summed E-state index contributed by atoms with van der Waals surface area (Å²) in [5, 5.41) is 8.01. The van der Waals surface area contributed by atoms with Crippen LogP contribution in [0, 0.1) is 5.92 Å². The van der Waals surface area contributed by atoms with Crippen LogP contribution < -0.4 is 5.32 Å². The molecule has 2 rings (SSSR count).